The van der Waals surface area contributed by atoms with E-state index >= 15 is 0 Å². The monoisotopic (exact) mass is 235 g/mol. The Hall–Kier alpha value is -1.17. The lowest BCUT2D eigenvalue weighted by atomic mass is 9.40. The summed E-state index contributed by atoms with van der Waals surface area (Å²) in [4.78, 5) is 12.1. The second kappa shape index (κ2) is 3.66. The molecule has 0 unspecified atom stereocenters. The normalized spacial score (nSPS) is 34.9. The van der Waals surface area contributed by atoms with Crippen LogP contribution in [-0.2, 0) is 4.79 Å². The van der Waals surface area contributed by atoms with Gasteiger partial charge in [0.2, 0.25) is 0 Å². The minimum atomic E-state index is -0.999. The fourth-order valence-electron chi connectivity index (χ4n) is 3.08. The zero-order valence-electron chi connectivity index (χ0n) is 10.4. The molecule has 92 valence electrons. The summed E-state index contributed by atoms with van der Waals surface area (Å²) >= 11 is 0. The SMILES string of the molecule is CC(C)(CC=CC#N)CC(=O)C12CC(F)(C1)C2. The number of nitrogens with zero attached hydrogens (tertiary/aromatic N) is 1. The van der Waals surface area contributed by atoms with Crippen LogP contribution in [0.3, 0.4) is 0 Å². The first-order valence-electron chi connectivity index (χ1n) is 6.08. The molecule has 3 aliphatic carbocycles. The van der Waals surface area contributed by atoms with Crippen LogP contribution < -0.4 is 0 Å². The highest BCUT2D eigenvalue weighted by atomic mass is 19.1. The maximum absolute atomic E-state index is 13.4. The molecule has 3 saturated carbocycles. The van der Waals surface area contributed by atoms with Gasteiger partial charge in [0.05, 0.1) is 6.07 Å². The van der Waals surface area contributed by atoms with Gasteiger partial charge in [0.25, 0.3) is 0 Å². The van der Waals surface area contributed by atoms with Crippen LogP contribution in [0, 0.1) is 22.2 Å². The van der Waals surface area contributed by atoms with Crippen LogP contribution in [0.2, 0.25) is 0 Å². The van der Waals surface area contributed by atoms with Gasteiger partial charge in [-0.05, 0) is 31.1 Å². The minimum absolute atomic E-state index is 0.136. The van der Waals surface area contributed by atoms with Crippen LogP contribution >= 0.6 is 0 Å². The van der Waals surface area contributed by atoms with E-state index in [1.807, 2.05) is 19.9 Å². The van der Waals surface area contributed by atoms with Gasteiger partial charge >= 0.3 is 0 Å². The molecule has 0 atom stereocenters. The number of carbonyl (C=O) groups excluding carboxylic acids is 1. The molecule has 3 rings (SSSR count). The Morgan fingerprint density at radius 2 is 2.06 bits per heavy atom. The molecule has 3 fully saturated rings. The number of ketones is 1. The van der Waals surface area contributed by atoms with Gasteiger partial charge in [-0.2, -0.15) is 5.26 Å². The molecule has 0 aromatic rings. The van der Waals surface area contributed by atoms with E-state index in [0.717, 1.165) is 0 Å². The molecule has 0 radical (unpaired) electrons. The van der Waals surface area contributed by atoms with Crippen molar-refractivity contribution in [1.29, 1.82) is 5.26 Å². The number of nitriles is 1. The van der Waals surface area contributed by atoms with Gasteiger partial charge < -0.3 is 0 Å². The largest absolute Gasteiger partial charge is 0.299 e. The quantitative estimate of drug-likeness (QED) is 0.686. The maximum Gasteiger partial charge on any atom is 0.139 e. The van der Waals surface area contributed by atoms with E-state index in [4.69, 9.17) is 5.26 Å². The van der Waals surface area contributed by atoms with Crippen LogP contribution in [0.1, 0.15) is 46.0 Å². The van der Waals surface area contributed by atoms with Crippen LogP contribution in [0.15, 0.2) is 12.2 Å². The number of allylic oxidation sites excluding steroid dienone is 2. The van der Waals surface area contributed by atoms with Crippen molar-refractivity contribution < 1.29 is 9.18 Å². The third-order valence-corrected chi connectivity index (χ3v) is 4.06. The number of Topliss-reactive ketones (excluding diaryl/α,β-unsaturated/α-hetero) is 1. The number of halogens is 1. The van der Waals surface area contributed by atoms with Crippen molar-refractivity contribution in [1.82, 2.24) is 0 Å². The molecule has 0 aromatic carbocycles. The molecule has 0 spiro atoms. The summed E-state index contributed by atoms with van der Waals surface area (Å²) in [6, 6.07) is 1.94. The van der Waals surface area contributed by atoms with Crippen LogP contribution in [-0.4, -0.2) is 11.5 Å². The van der Waals surface area contributed by atoms with Gasteiger partial charge in [-0.15, -0.1) is 0 Å². The molecule has 3 heteroatoms. The van der Waals surface area contributed by atoms with Crippen molar-refractivity contribution in [3.8, 4) is 6.07 Å². The Balaban J connectivity index is 1.86. The van der Waals surface area contributed by atoms with E-state index in [-0.39, 0.29) is 16.6 Å². The zero-order valence-corrected chi connectivity index (χ0v) is 10.4. The van der Waals surface area contributed by atoms with Gasteiger partial charge in [0, 0.05) is 17.9 Å². The molecular weight excluding hydrogens is 217 g/mol. The highest BCUT2D eigenvalue weighted by Gasteiger charge is 2.72. The molecule has 0 N–H and O–H groups in total. The number of hydrogen-bond donors (Lipinski definition) is 0. The number of hydrogen-bond acceptors (Lipinski definition) is 2. The highest BCUT2D eigenvalue weighted by Crippen LogP contribution is 2.70. The minimum Gasteiger partial charge on any atom is -0.299 e. The second-order valence-corrected chi connectivity index (χ2v) is 6.46. The summed E-state index contributed by atoms with van der Waals surface area (Å²) in [5, 5.41) is 8.41. The summed E-state index contributed by atoms with van der Waals surface area (Å²) in [6.07, 6.45) is 5.78. The molecule has 17 heavy (non-hydrogen) atoms. The fourth-order valence-corrected chi connectivity index (χ4v) is 3.08. The van der Waals surface area contributed by atoms with Gasteiger partial charge in [-0.3, -0.25) is 4.79 Å². The molecular formula is C14H18FNO. The lowest BCUT2D eigenvalue weighted by Gasteiger charge is -2.65. The third-order valence-electron chi connectivity index (χ3n) is 4.06. The molecule has 0 amide bonds. The van der Waals surface area contributed by atoms with Gasteiger partial charge in [-0.1, -0.05) is 19.9 Å². The van der Waals surface area contributed by atoms with Crippen molar-refractivity contribution in [2.45, 2.75) is 51.6 Å². The van der Waals surface area contributed by atoms with E-state index in [1.165, 1.54) is 6.08 Å². The van der Waals surface area contributed by atoms with Crippen LogP contribution in [0.5, 0.6) is 0 Å². The number of alkyl halides is 1. The van der Waals surface area contributed by atoms with E-state index in [1.54, 1.807) is 6.08 Å². The van der Waals surface area contributed by atoms with Crippen molar-refractivity contribution in [2.24, 2.45) is 10.8 Å². The predicted molar refractivity (Wildman–Crippen MR) is 62.9 cm³/mol. The fraction of sp³-hybridized carbons (Fsp3) is 0.714. The van der Waals surface area contributed by atoms with Crippen molar-refractivity contribution in [2.75, 3.05) is 0 Å². The number of rotatable bonds is 5. The summed E-state index contributed by atoms with van der Waals surface area (Å²) < 4.78 is 13.4. The zero-order chi connectivity index (χ0) is 12.7. The third kappa shape index (κ3) is 2.13. The first kappa shape index (κ1) is 12.3. The molecule has 0 saturated heterocycles. The summed E-state index contributed by atoms with van der Waals surface area (Å²) in [7, 11) is 0. The molecule has 0 aliphatic heterocycles. The Labute approximate surface area is 102 Å². The predicted octanol–water partition coefficient (Wildman–Crippen LogP) is 3.33. The molecule has 3 aliphatic rings. The van der Waals surface area contributed by atoms with Crippen molar-refractivity contribution in [3.05, 3.63) is 12.2 Å². The smallest absolute Gasteiger partial charge is 0.139 e. The molecule has 0 aromatic heterocycles. The first-order valence-corrected chi connectivity index (χ1v) is 6.08. The lowest BCUT2D eigenvalue weighted by molar-refractivity contribution is -0.213. The van der Waals surface area contributed by atoms with Gasteiger partial charge in [0.15, 0.2) is 0 Å². The number of carbonyl (C=O) groups is 1. The van der Waals surface area contributed by atoms with E-state index in [0.29, 0.717) is 32.1 Å². The van der Waals surface area contributed by atoms with E-state index < -0.39 is 5.67 Å². The van der Waals surface area contributed by atoms with Crippen molar-refractivity contribution >= 4 is 5.78 Å². The average Bonchev–Trinajstić information content (AvgIpc) is 2.10. The van der Waals surface area contributed by atoms with Crippen LogP contribution in [0.4, 0.5) is 4.39 Å². The first-order chi connectivity index (χ1) is 7.81. The molecule has 2 bridgehead atoms. The summed E-state index contributed by atoms with van der Waals surface area (Å²) in [5.74, 6) is 0.215. The standard InChI is InChI=1S/C14H18FNO/c1-12(2,5-3-4-6-16)7-11(17)13-8-14(15,9-13)10-13/h3-4H,5,7-10H2,1-2H3. The topological polar surface area (TPSA) is 40.9 Å². The lowest BCUT2D eigenvalue weighted by Crippen LogP contribution is -2.68. The van der Waals surface area contributed by atoms with Crippen LogP contribution in [0.25, 0.3) is 0 Å². The summed E-state index contributed by atoms with van der Waals surface area (Å²) in [5.41, 5.74) is -1.45. The molecule has 2 nitrogen and oxygen atoms in total. The average molecular weight is 235 g/mol. The van der Waals surface area contributed by atoms with Gasteiger partial charge in [0.1, 0.15) is 11.5 Å². The van der Waals surface area contributed by atoms with Crippen molar-refractivity contribution in [3.63, 3.8) is 0 Å². The summed E-state index contributed by atoms with van der Waals surface area (Å²) in [6.45, 7) is 4.03. The Kier molecular flexibility index (Phi) is 2.65. The molecule has 0 heterocycles. The van der Waals surface area contributed by atoms with Gasteiger partial charge in [-0.25, -0.2) is 4.39 Å². The Bertz CT molecular complexity index is 397. The maximum atomic E-state index is 13.4. The Morgan fingerprint density at radius 1 is 1.47 bits per heavy atom. The second-order valence-electron chi connectivity index (χ2n) is 6.46. The van der Waals surface area contributed by atoms with E-state index in [9.17, 15) is 9.18 Å². The van der Waals surface area contributed by atoms with E-state index in [2.05, 4.69) is 0 Å². The Morgan fingerprint density at radius 3 is 2.53 bits per heavy atom. The highest BCUT2D eigenvalue weighted by molar-refractivity contribution is 5.89.